The molecule has 0 heterocycles. The van der Waals surface area contributed by atoms with Crippen LogP contribution in [0.4, 0.5) is 0 Å². The van der Waals surface area contributed by atoms with Gasteiger partial charge in [0.15, 0.2) is 0 Å². The second-order valence-corrected chi connectivity index (χ2v) is 7.40. The highest BCUT2D eigenvalue weighted by Crippen LogP contribution is 2.41. The van der Waals surface area contributed by atoms with Crippen LogP contribution >= 0.6 is 8.15 Å². The first-order valence-electron chi connectivity index (χ1n) is 8.34. The van der Waals surface area contributed by atoms with Crippen LogP contribution < -0.4 is 10.0 Å². The Balaban J connectivity index is 2.35. The van der Waals surface area contributed by atoms with Gasteiger partial charge in [-0.25, -0.2) is 0 Å². The molecule has 0 amide bonds. The summed E-state index contributed by atoms with van der Waals surface area (Å²) in [4.78, 5) is 13.2. The number of hydrogen-bond acceptors (Lipinski definition) is 3. The van der Waals surface area contributed by atoms with Crippen LogP contribution in [0, 0.1) is 13.8 Å². The molecular weight excluding hydrogens is 319 g/mol. The number of benzene rings is 2. The molecule has 0 N–H and O–H groups in total. The molecule has 0 aliphatic rings. The van der Waals surface area contributed by atoms with Gasteiger partial charge in [0, 0.05) is 10.9 Å². The van der Waals surface area contributed by atoms with Crippen molar-refractivity contribution in [1.82, 2.24) is 0 Å². The Hall–Kier alpha value is -1.70. The van der Waals surface area contributed by atoms with Crippen molar-refractivity contribution in [3.63, 3.8) is 0 Å². The van der Waals surface area contributed by atoms with E-state index in [1.807, 2.05) is 63.2 Å². The number of carbonyl (C=O) groups excluding carboxylic acids is 1. The van der Waals surface area contributed by atoms with Gasteiger partial charge in [-0.3, -0.25) is 4.79 Å². The number of hydrogen-bond donors (Lipinski definition) is 0. The maximum atomic E-state index is 13.2. The molecule has 1 unspecified atom stereocenters. The standard InChI is InChI=1S/C20H25O3P/c1-5-14-23-24(18-12-10-17(11-13-18)22-6-2)20(21)19-15(3)8-7-9-16(19)4/h7-13H,5-6,14H2,1-4H3. The minimum absolute atomic E-state index is 0.0817. The van der Waals surface area contributed by atoms with Crippen molar-refractivity contribution in [3.05, 3.63) is 59.2 Å². The highest BCUT2D eigenvalue weighted by Gasteiger charge is 2.26. The fourth-order valence-corrected chi connectivity index (χ4v) is 4.37. The summed E-state index contributed by atoms with van der Waals surface area (Å²) >= 11 is 0. The predicted octanol–water partition coefficient (Wildman–Crippen LogP) is 4.99. The second kappa shape index (κ2) is 8.96. The molecule has 0 radical (unpaired) electrons. The molecule has 2 aromatic carbocycles. The molecule has 0 saturated heterocycles. The van der Waals surface area contributed by atoms with Crippen LogP contribution in [-0.2, 0) is 4.52 Å². The molecule has 0 aliphatic carbocycles. The van der Waals surface area contributed by atoms with Gasteiger partial charge >= 0.3 is 0 Å². The topological polar surface area (TPSA) is 35.5 Å². The molecule has 1 atom stereocenters. The SMILES string of the molecule is CCCOP(C(=O)c1c(C)cccc1C)c1ccc(OCC)cc1. The summed E-state index contributed by atoms with van der Waals surface area (Å²) in [5.74, 6) is 0.811. The van der Waals surface area contributed by atoms with Gasteiger partial charge in [0.1, 0.15) is 13.9 Å². The van der Waals surface area contributed by atoms with Crippen molar-refractivity contribution in [2.45, 2.75) is 34.1 Å². The fourth-order valence-electron chi connectivity index (χ4n) is 2.53. The van der Waals surface area contributed by atoms with Crippen LogP contribution in [0.1, 0.15) is 41.8 Å². The molecule has 0 spiro atoms. The van der Waals surface area contributed by atoms with Gasteiger partial charge in [-0.15, -0.1) is 0 Å². The third-order valence-electron chi connectivity index (χ3n) is 3.69. The average Bonchev–Trinajstić information content (AvgIpc) is 2.57. The van der Waals surface area contributed by atoms with Crippen LogP contribution in [0.15, 0.2) is 42.5 Å². The summed E-state index contributed by atoms with van der Waals surface area (Å²) in [5, 5.41) is 0.926. The molecule has 0 aliphatic heterocycles. The normalized spacial score (nSPS) is 12.0. The van der Waals surface area contributed by atoms with E-state index >= 15 is 0 Å². The lowest BCUT2D eigenvalue weighted by Crippen LogP contribution is -2.14. The van der Waals surface area contributed by atoms with Crippen molar-refractivity contribution in [2.24, 2.45) is 0 Å². The number of carbonyl (C=O) groups is 1. The quantitative estimate of drug-likeness (QED) is 0.633. The molecule has 0 bridgehead atoms. The summed E-state index contributed by atoms with van der Waals surface area (Å²) in [6, 6.07) is 13.6. The van der Waals surface area contributed by atoms with Crippen molar-refractivity contribution in [3.8, 4) is 5.75 Å². The third kappa shape index (κ3) is 4.43. The maximum Gasteiger partial charge on any atom is 0.216 e. The molecule has 3 nitrogen and oxygen atoms in total. The van der Waals surface area contributed by atoms with E-state index in [0.29, 0.717) is 13.2 Å². The highest BCUT2D eigenvalue weighted by atomic mass is 31.1. The van der Waals surface area contributed by atoms with Gasteiger partial charge in [0.25, 0.3) is 0 Å². The van der Waals surface area contributed by atoms with Crippen LogP contribution in [0.25, 0.3) is 0 Å². The van der Waals surface area contributed by atoms with Crippen molar-refractivity contribution in [1.29, 1.82) is 0 Å². The first-order valence-corrected chi connectivity index (χ1v) is 9.60. The van der Waals surface area contributed by atoms with Gasteiger partial charge in [-0.05, 0) is 62.6 Å². The molecular formula is C20H25O3P. The first kappa shape index (κ1) is 18.6. The summed E-state index contributed by atoms with van der Waals surface area (Å²) in [6.07, 6.45) is 0.885. The largest absolute Gasteiger partial charge is 0.494 e. The van der Waals surface area contributed by atoms with Crippen molar-refractivity contribution >= 4 is 19.0 Å². The smallest absolute Gasteiger partial charge is 0.216 e. The summed E-state index contributed by atoms with van der Waals surface area (Å²) < 4.78 is 11.5. The van der Waals surface area contributed by atoms with Gasteiger partial charge in [0.05, 0.1) is 13.2 Å². The monoisotopic (exact) mass is 344 g/mol. The Morgan fingerprint density at radius 1 is 1.00 bits per heavy atom. The molecule has 0 saturated carbocycles. The second-order valence-electron chi connectivity index (χ2n) is 5.63. The lowest BCUT2D eigenvalue weighted by molar-refractivity contribution is 0.106. The van der Waals surface area contributed by atoms with Gasteiger partial charge in [-0.2, -0.15) is 0 Å². The van der Waals surface area contributed by atoms with Crippen molar-refractivity contribution < 1.29 is 14.1 Å². The van der Waals surface area contributed by atoms with E-state index in [1.165, 1.54) is 0 Å². The lowest BCUT2D eigenvalue weighted by atomic mass is 10.0. The summed E-state index contributed by atoms with van der Waals surface area (Å²) in [7, 11) is -1.35. The minimum Gasteiger partial charge on any atom is -0.494 e. The molecule has 128 valence electrons. The number of ether oxygens (including phenoxy) is 1. The van der Waals surface area contributed by atoms with E-state index in [1.54, 1.807) is 0 Å². The zero-order valence-electron chi connectivity index (χ0n) is 14.8. The van der Waals surface area contributed by atoms with Crippen LogP contribution in [0.2, 0.25) is 0 Å². The Kier molecular flexibility index (Phi) is 6.96. The molecule has 24 heavy (non-hydrogen) atoms. The van der Waals surface area contributed by atoms with E-state index in [-0.39, 0.29) is 5.52 Å². The number of rotatable bonds is 8. The van der Waals surface area contributed by atoms with E-state index in [4.69, 9.17) is 9.26 Å². The first-order chi connectivity index (χ1) is 11.6. The fraction of sp³-hybridized carbons (Fsp3) is 0.350. The Morgan fingerprint density at radius 2 is 1.62 bits per heavy atom. The zero-order valence-corrected chi connectivity index (χ0v) is 15.7. The van der Waals surface area contributed by atoms with E-state index in [2.05, 4.69) is 6.92 Å². The minimum atomic E-state index is -1.35. The van der Waals surface area contributed by atoms with Gasteiger partial charge in [-0.1, -0.05) is 25.1 Å². The molecule has 2 rings (SSSR count). The third-order valence-corrected chi connectivity index (χ3v) is 5.49. The van der Waals surface area contributed by atoms with Gasteiger partial charge in [0.2, 0.25) is 5.52 Å². The zero-order chi connectivity index (χ0) is 17.5. The van der Waals surface area contributed by atoms with Crippen molar-refractivity contribution in [2.75, 3.05) is 13.2 Å². The lowest BCUT2D eigenvalue weighted by Gasteiger charge is -2.19. The molecule has 2 aromatic rings. The van der Waals surface area contributed by atoms with E-state index in [0.717, 1.165) is 34.2 Å². The average molecular weight is 344 g/mol. The summed E-state index contributed by atoms with van der Waals surface area (Å²) in [5.41, 5.74) is 2.86. The van der Waals surface area contributed by atoms with Crippen LogP contribution in [-0.4, -0.2) is 18.7 Å². The molecule has 0 fully saturated rings. The van der Waals surface area contributed by atoms with E-state index in [9.17, 15) is 4.79 Å². The molecule has 0 aromatic heterocycles. The Labute approximate surface area is 145 Å². The van der Waals surface area contributed by atoms with Crippen LogP contribution in [0.5, 0.6) is 5.75 Å². The van der Waals surface area contributed by atoms with Crippen LogP contribution in [0.3, 0.4) is 0 Å². The maximum absolute atomic E-state index is 13.2. The predicted molar refractivity (Wildman–Crippen MR) is 101 cm³/mol. The number of aryl methyl sites for hydroxylation is 2. The Bertz CT molecular complexity index is 660. The van der Waals surface area contributed by atoms with E-state index < -0.39 is 8.15 Å². The van der Waals surface area contributed by atoms with Gasteiger partial charge < -0.3 is 9.26 Å². The highest BCUT2D eigenvalue weighted by molar-refractivity contribution is 7.78. The molecule has 4 heteroatoms. The Morgan fingerprint density at radius 3 is 2.17 bits per heavy atom. The summed E-state index contributed by atoms with van der Waals surface area (Å²) in [6.45, 7) is 9.17.